The fourth-order valence-corrected chi connectivity index (χ4v) is 4.32. The van der Waals surface area contributed by atoms with Crippen molar-refractivity contribution in [1.82, 2.24) is 10.2 Å². The number of amides is 1. The molecule has 2 N–H and O–H groups in total. The van der Waals surface area contributed by atoms with E-state index in [0.29, 0.717) is 24.2 Å². The van der Waals surface area contributed by atoms with E-state index >= 15 is 0 Å². The molecule has 2 fully saturated rings. The van der Waals surface area contributed by atoms with Crippen LogP contribution in [0, 0.1) is 17.8 Å². The number of nitrogens with one attached hydrogen (secondary N) is 1. The Morgan fingerprint density at radius 3 is 2.50 bits per heavy atom. The molecule has 2 aliphatic heterocycles. The molecular weight excluding hydrogens is 348 g/mol. The zero-order chi connectivity index (χ0) is 17.6. The first kappa shape index (κ1) is 21.2. The van der Waals surface area contributed by atoms with Gasteiger partial charge < -0.3 is 15.3 Å². The van der Waals surface area contributed by atoms with Gasteiger partial charge in [-0.2, -0.15) is 0 Å². The summed E-state index contributed by atoms with van der Waals surface area (Å²) in [7, 11) is 0. The summed E-state index contributed by atoms with van der Waals surface area (Å²) in [5.41, 5.74) is 0.991. The first-order chi connectivity index (χ1) is 12.1. The maximum absolute atomic E-state index is 12.6. The minimum absolute atomic E-state index is 0. The zero-order valence-electron chi connectivity index (χ0n) is 15.8. The highest BCUT2D eigenvalue weighted by Crippen LogP contribution is 2.31. The van der Waals surface area contributed by atoms with E-state index in [1.54, 1.807) is 0 Å². The number of carbonyl (C=O) groups is 1. The molecule has 0 aromatic heterocycles. The number of hydrogen-bond acceptors (Lipinski definition) is 3. The Morgan fingerprint density at radius 2 is 1.88 bits per heavy atom. The van der Waals surface area contributed by atoms with E-state index in [9.17, 15) is 9.90 Å². The molecule has 4 nitrogen and oxygen atoms in total. The van der Waals surface area contributed by atoms with Gasteiger partial charge in [-0.25, -0.2) is 0 Å². The molecule has 3 atom stereocenters. The van der Waals surface area contributed by atoms with Crippen molar-refractivity contribution in [1.29, 1.82) is 0 Å². The first-order valence-electron chi connectivity index (χ1n) is 9.86. The Kier molecular flexibility index (Phi) is 8.39. The number of likely N-dealkylation sites (tertiary alicyclic amines) is 1. The van der Waals surface area contributed by atoms with E-state index in [0.717, 1.165) is 44.6 Å². The minimum Gasteiger partial charge on any atom is -0.388 e. The van der Waals surface area contributed by atoms with Gasteiger partial charge in [-0.05, 0) is 62.1 Å². The molecule has 5 heteroatoms. The van der Waals surface area contributed by atoms with Crippen molar-refractivity contribution in [2.45, 2.75) is 45.1 Å². The summed E-state index contributed by atoms with van der Waals surface area (Å²) in [5, 5.41) is 14.0. The molecule has 0 saturated carbocycles. The van der Waals surface area contributed by atoms with Crippen LogP contribution in [0.1, 0.15) is 50.7 Å². The lowest BCUT2D eigenvalue weighted by atomic mass is 9.84. The highest BCUT2D eigenvalue weighted by atomic mass is 35.5. The fourth-order valence-electron chi connectivity index (χ4n) is 4.32. The van der Waals surface area contributed by atoms with E-state index in [1.165, 1.54) is 12.8 Å². The second kappa shape index (κ2) is 10.3. The molecule has 2 aliphatic rings. The minimum atomic E-state index is -0.411. The lowest BCUT2D eigenvalue weighted by Gasteiger charge is -2.36. The van der Waals surface area contributed by atoms with Crippen molar-refractivity contribution in [3.63, 3.8) is 0 Å². The summed E-state index contributed by atoms with van der Waals surface area (Å²) in [6.07, 6.45) is 4.50. The molecule has 0 bridgehead atoms. The lowest BCUT2D eigenvalue weighted by Crippen LogP contribution is -2.41. The van der Waals surface area contributed by atoms with Gasteiger partial charge in [-0.1, -0.05) is 37.3 Å². The summed E-state index contributed by atoms with van der Waals surface area (Å²) >= 11 is 0. The highest BCUT2D eigenvalue weighted by molar-refractivity contribution is 5.85. The quantitative estimate of drug-likeness (QED) is 0.823. The molecule has 0 aliphatic carbocycles. The Morgan fingerprint density at radius 1 is 1.19 bits per heavy atom. The Hall–Kier alpha value is -1.10. The van der Waals surface area contributed by atoms with Gasteiger partial charge in [0.25, 0.3) is 0 Å². The number of carbonyl (C=O) groups excluding carboxylic acids is 1. The van der Waals surface area contributed by atoms with Crippen LogP contribution >= 0.6 is 12.4 Å². The molecular formula is C21H33ClN2O2. The summed E-state index contributed by atoms with van der Waals surface area (Å²) in [6.45, 7) is 5.96. The van der Waals surface area contributed by atoms with Gasteiger partial charge in [0.15, 0.2) is 0 Å². The Balaban J connectivity index is 0.00000243. The average molecular weight is 381 g/mol. The van der Waals surface area contributed by atoms with Crippen molar-refractivity contribution in [3.05, 3.63) is 35.9 Å². The number of benzene rings is 1. The second-order valence-electron chi connectivity index (χ2n) is 7.86. The molecule has 2 saturated heterocycles. The molecule has 26 heavy (non-hydrogen) atoms. The molecule has 2 heterocycles. The van der Waals surface area contributed by atoms with Crippen LogP contribution in [0.2, 0.25) is 0 Å². The Bertz CT molecular complexity index is 540. The number of piperidine rings is 2. The third kappa shape index (κ3) is 5.45. The van der Waals surface area contributed by atoms with Crippen LogP contribution in [0.5, 0.6) is 0 Å². The van der Waals surface area contributed by atoms with Crippen molar-refractivity contribution < 1.29 is 9.90 Å². The van der Waals surface area contributed by atoms with Crippen LogP contribution < -0.4 is 5.32 Å². The smallest absolute Gasteiger partial charge is 0.222 e. The molecule has 3 rings (SSSR count). The van der Waals surface area contributed by atoms with E-state index in [4.69, 9.17) is 0 Å². The first-order valence-corrected chi connectivity index (χ1v) is 9.86. The van der Waals surface area contributed by atoms with Gasteiger partial charge >= 0.3 is 0 Å². The number of aliphatic hydroxyl groups excluding tert-OH is 1. The lowest BCUT2D eigenvalue weighted by molar-refractivity contribution is -0.134. The molecule has 0 radical (unpaired) electrons. The summed E-state index contributed by atoms with van der Waals surface area (Å²) in [4.78, 5) is 14.7. The van der Waals surface area contributed by atoms with Crippen molar-refractivity contribution in [2.24, 2.45) is 17.8 Å². The van der Waals surface area contributed by atoms with Crippen LogP contribution in [0.25, 0.3) is 0 Å². The van der Waals surface area contributed by atoms with Gasteiger partial charge in [0.1, 0.15) is 0 Å². The zero-order valence-corrected chi connectivity index (χ0v) is 16.6. The molecule has 146 valence electrons. The van der Waals surface area contributed by atoms with Crippen LogP contribution in [-0.2, 0) is 4.79 Å². The maximum Gasteiger partial charge on any atom is 0.222 e. The van der Waals surface area contributed by atoms with Gasteiger partial charge in [0.05, 0.1) is 6.10 Å². The van der Waals surface area contributed by atoms with Gasteiger partial charge in [-0.3, -0.25) is 4.79 Å². The third-order valence-corrected chi connectivity index (χ3v) is 6.12. The third-order valence-electron chi connectivity index (χ3n) is 6.12. The summed E-state index contributed by atoms with van der Waals surface area (Å²) in [6, 6.07) is 9.89. The number of rotatable bonds is 5. The summed E-state index contributed by atoms with van der Waals surface area (Å²) in [5.74, 6) is 1.64. The van der Waals surface area contributed by atoms with Crippen molar-refractivity contribution >= 4 is 18.3 Å². The molecule has 1 aromatic carbocycles. The molecule has 1 aromatic rings. The normalized spacial score (nSPS) is 23.8. The Labute approximate surface area is 163 Å². The average Bonchev–Trinajstić information content (AvgIpc) is 2.69. The topological polar surface area (TPSA) is 52.6 Å². The highest BCUT2D eigenvalue weighted by Gasteiger charge is 2.30. The standard InChI is InChI=1S/C21H32N2O2.ClH/c1-16(19-8-5-11-22-15-19)14-20(24)23-12-9-18(10-13-23)21(25)17-6-3-2-4-7-17;/h2-4,6-7,16,18-19,21-22,25H,5,8-15H2,1H3;1H. The number of hydrogen-bond donors (Lipinski definition) is 2. The van der Waals surface area contributed by atoms with Crippen LogP contribution in [0.3, 0.4) is 0 Å². The van der Waals surface area contributed by atoms with Gasteiger partial charge in [0, 0.05) is 19.5 Å². The monoisotopic (exact) mass is 380 g/mol. The maximum atomic E-state index is 12.6. The number of aliphatic hydroxyl groups is 1. The molecule has 1 amide bonds. The number of halogens is 1. The van der Waals surface area contributed by atoms with Crippen LogP contribution in [-0.4, -0.2) is 42.1 Å². The molecule has 0 spiro atoms. The number of nitrogens with zero attached hydrogens (tertiary/aromatic N) is 1. The van der Waals surface area contributed by atoms with E-state index in [2.05, 4.69) is 12.2 Å². The fraction of sp³-hybridized carbons (Fsp3) is 0.667. The van der Waals surface area contributed by atoms with E-state index in [-0.39, 0.29) is 18.3 Å². The van der Waals surface area contributed by atoms with Crippen LogP contribution in [0.15, 0.2) is 30.3 Å². The SMILES string of the molecule is CC(CC(=O)N1CCC(C(O)c2ccccc2)CC1)C1CCCNC1.Cl. The van der Waals surface area contributed by atoms with Crippen LogP contribution in [0.4, 0.5) is 0 Å². The van der Waals surface area contributed by atoms with Crippen molar-refractivity contribution in [3.8, 4) is 0 Å². The van der Waals surface area contributed by atoms with E-state index < -0.39 is 6.10 Å². The van der Waals surface area contributed by atoms with Gasteiger partial charge in [0.2, 0.25) is 5.91 Å². The van der Waals surface area contributed by atoms with Gasteiger partial charge in [-0.15, -0.1) is 12.4 Å². The molecule has 3 unspecified atom stereocenters. The van der Waals surface area contributed by atoms with E-state index in [1.807, 2.05) is 35.2 Å². The predicted octanol–water partition coefficient (Wildman–Crippen LogP) is 3.41. The predicted molar refractivity (Wildman–Crippen MR) is 107 cm³/mol. The van der Waals surface area contributed by atoms with Crippen molar-refractivity contribution in [2.75, 3.05) is 26.2 Å². The summed E-state index contributed by atoms with van der Waals surface area (Å²) < 4.78 is 0. The largest absolute Gasteiger partial charge is 0.388 e. The second-order valence-corrected chi connectivity index (χ2v) is 7.86.